The predicted octanol–water partition coefficient (Wildman–Crippen LogP) is 2.93. The second-order valence-electron chi connectivity index (χ2n) is 8.57. The number of rotatable bonds is 4. The number of amides is 2. The third kappa shape index (κ3) is 4.37. The molecule has 0 aromatic carbocycles. The van der Waals surface area contributed by atoms with Crippen molar-refractivity contribution in [3.05, 3.63) is 30.1 Å². The van der Waals surface area contributed by atoms with Crippen LogP contribution in [0.4, 0.5) is 0 Å². The summed E-state index contributed by atoms with van der Waals surface area (Å²) in [6.07, 6.45) is 12.9. The van der Waals surface area contributed by atoms with Gasteiger partial charge in [0, 0.05) is 43.5 Å². The van der Waals surface area contributed by atoms with Crippen molar-refractivity contribution in [1.82, 2.24) is 15.2 Å². The Morgan fingerprint density at radius 1 is 1.07 bits per heavy atom. The fraction of sp³-hybridized carbons (Fsp3) is 0.682. The molecule has 0 radical (unpaired) electrons. The number of nitrogens with one attached hydrogen (secondary N) is 1. The van der Waals surface area contributed by atoms with Gasteiger partial charge in [0.25, 0.3) is 5.91 Å². The molecule has 0 unspecified atom stereocenters. The van der Waals surface area contributed by atoms with Crippen LogP contribution < -0.4 is 5.32 Å². The highest BCUT2D eigenvalue weighted by atomic mass is 16.5. The van der Waals surface area contributed by atoms with E-state index in [9.17, 15) is 9.59 Å². The third-order valence-electron chi connectivity index (χ3n) is 6.71. The van der Waals surface area contributed by atoms with Crippen molar-refractivity contribution in [2.45, 2.75) is 69.5 Å². The molecule has 152 valence electrons. The molecule has 3 fully saturated rings. The first kappa shape index (κ1) is 19.4. The van der Waals surface area contributed by atoms with Crippen molar-refractivity contribution in [2.24, 2.45) is 5.92 Å². The first-order valence-electron chi connectivity index (χ1n) is 10.8. The molecule has 3 heterocycles. The summed E-state index contributed by atoms with van der Waals surface area (Å²) < 4.78 is 6.40. The van der Waals surface area contributed by atoms with E-state index in [0.717, 1.165) is 51.6 Å². The number of nitrogens with zero attached hydrogens (tertiary/aromatic N) is 2. The molecular formula is C22H31N3O3. The molecule has 1 saturated carbocycles. The summed E-state index contributed by atoms with van der Waals surface area (Å²) in [7, 11) is 0. The number of aromatic nitrogens is 1. The molecular weight excluding hydrogens is 354 g/mol. The van der Waals surface area contributed by atoms with Gasteiger partial charge >= 0.3 is 0 Å². The first-order chi connectivity index (χ1) is 13.7. The lowest BCUT2D eigenvalue weighted by atomic mass is 9.88. The van der Waals surface area contributed by atoms with Crippen LogP contribution in [-0.2, 0) is 9.53 Å². The van der Waals surface area contributed by atoms with Gasteiger partial charge < -0.3 is 15.0 Å². The lowest BCUT2D eigenvalue weighted by Gasteiger charge is -2.39. The molecule has 1 atom stereocenters. The second-order valence-corrected chi connectivity index (χ2v) is 8.57. The number of pyridine rings is 1. The summed E-state index contributed by atoms with van der Waals surface area (Å²) in [5.41, 5.74) is 0.580. The molecule has 6 nitrogen and oxygen atoms in total. The normalized spacial score (nSPS) is 25.0. The van der Waals surface area contributed by atoms with Crippen LogP contribution >= 0.6 is 0 Å². The SMILES string of the molecule is O=C(NC[C@H]1CCC2(CCN(C(=O)c3ccncc3)CC2)O1)C1CCCCC1. The highest BCUT2D eigenvalue weighted by Crippen LogP contribution is 2.39. The molecule has 1 aliphatic carbocycles. The van der Waals surface area contributed by atoms with Gasteiger partial charge in [-0.2, -0.15) is 0 Å². The van der Waals surface area contributed by atoms with Crippen LogP contribution in [0.5, 0.6) is 0 Å². The number of hydrogen-bond donors (Lipinski definition) is 1. The van der Waals surface area contributed by atoms with Crippen molar-refractivity contribution in [3.8, 4) is 0 Å². The lowest BCUT2D eigenvalue weighted by Crippen LogP contribution is -2.47. The lowest BCUT2D eigenvalue weighted by molar-refractivity contribution is -0.127. The molecule has 2 saturated heterocycles. The van der Waals surface area contributed by atoms with E-state index < -0.39 is 0 Å². The minimum absolute atomic E-state index is 0.0755. The first-order valence-corrected chi connectivity index (χ1v) is 10.8. The van der Waals surface area contributed by atoms with E-state index in [-0.39, 0.29) is 29.4 Å². The number of carbonyl (C=O) groups excluding carboxylic acids is 2. The fourth-order valence-electron chi connectivity index (χ4n) is 4.92. The van der Waals surface area contributed by atoms with Crippen LogP contribution in [-0.4, -0.2) is 53.0 Å². The summed E-state index contributed by atoms with van der Waals surface area (Å²) in [6, 6.07) is 3.54. The van der Waals surface area contributed by atoms with Gasteiger partial charge in [0.05, 0.1) is 11.7 Å². The van der Waals surface area contributed by atoms with Gasteiger partial charge in [-0.05, 0) is 50.7 Å². The minimum atomic E-state index is -0.116. The topological polar surface area (TPSA) is 71.5 Å². The number of likely N-dealkylation sites (tertiary alicyclic amines) is 1. The molecule has 3 aliphatic rings. The van der Waals surface area contributed by atoms with Crippen LogP contribution in [0, 0.1) is 5.92 Å². The van der Waals surface area contributed by atoms with E-state index in [1.165, 1.54) is 19.3 Å². The molecule has 4 rings (SSSR count). The Morgan fingerprint density at radius 3 is 2.50 bits per heavy atom. The van der Waals surface area contributed by atoms with Crippen LogP contribution in [0.25, 0.3) is 0 Å². The van der Waals surface area contributed by atoms with Crippen molar-refractivity contribution < 1.29 is 14.3 Å². The zero-order valence-corrected chi connectivity index (χ0v) is 16.6. The van der Waals surface area contributed by atoms with Crippen LogP contribution in [0.15, 0.2) is 24.5 Å². The number of hydrogen-bond acceptors (Lipinski definition) is 4. The molecule has 6 heteroatoms. The van der Waals surface area contributed by atoms with Gasteiger partial charge in [0.1, 0.15) is 0 Å². The Bertz CT molecular complexity index is 680. The molecule has 1 aromatic heterocycles. The number of ether oxygens (including phenoxy) is 1. The zero-order chi connectivity index (χ0) is 19.4. The quantitative estimate of drug-likeness (QED) is 0.865. The van der Waals surface area contributed by atoms with Gasteiger partial charge in [-0.15, -0.1) is 0 Å². The molecule has 2 aliphatic heterocycles. The van der Waals surface area contributed by atoms with Crippen LogP contribution in [0.1, 0.15) is 68.1 Å². The Morgan fingerprint density at radius 2 is 1.79 bits per heavy atom. The van der Waals surface area contributed by atoms with E-state index in [4.69, 9.17) is 4.74 Å². The van der Waals surface area contributed by atoms with Crippen molar-refractivity contribution >= 4 is 11.8 Å². The van der Waals surface area contributed by atoms with E-state index in [1.807, 2.05) is 4.90 Å². The van der Waals surface area contributed by atoms with E-state index in [2.05, 4.69) is 10.3 Å². The molecule has 28 heavy (non-hydrogen) atoms. The van der Waals surface area contributed by atoms with Crippen LogP contribution in [0.3, 0.4) is 0 Å². The molecule has 0 bridgehead atoms. The smallest absolute Gasteiger partial charge is 0.253 e. The molecule has 1 aromatic rings. The van der Waals surface area contributed by atoms with Crippen molar-refractivity contribution in [1.29, 1.82) is 0 Å². The van der Waals surface area contributed by atoms with E-state index in [1.54, 1.807) is 24.5 Å². The Balaban J connectivity index is 1.23. The Kier molecular flexibility index (Phi) is 5.95. The molecule has 2 amide bonds. The standard InChI is InChI=1S/C22H31N3O3/c26-20(17-4-2-1-3-5-17)24-16-19-6-9-22(28-19)10-14-25(15-11-22)21(27)18-7-12-23-13-8-18/h7-8,12-13,17,19H,1-6,9-11,14-16H2,(H,24,26)/t19-/m1/s1. The van der Waals surface area contributed by atoms with Gasteiger partial charge in [-0.3, -0.25) is 14.6 Å². The van der Waals surface area contributed by atoms with Crippen molar-refractivity contribution in [3.63, 3.8) is 0 Å². The third-order valence-corrected chi connectivity index (χ3v) is 6.71. The molecule has 1 spiro atoms. The predicted molar refractivity (Wildman–Crippen MR) is 106 cm³/mol. The highest BCUT2D eigenvalue weighted by Gasteiger charge is 2.43. The summed E-state index contributed by atoms with van der Waals surface area (Å²) in [5, 5.41) is 3.13. The molecule has 1 N–H and O–H groups in total. The summed E-state index contributed by atoms with van der Waals surface area (Å²) in [6.45, 7) is 2.07. The minimum Gasteiger partial charge on any atom is -0.370 e. The fourth-order valence-corrected chi connectivity index (χ4v) is 4.92. The Labute approximate surface area is 167 Å². The zero-order valence-electron chi connectivity index (χ0n) is 16.6. The van der Waals surface area contributed by atoms with E-state index in [0.29, 0.717) is 12.1 Å². The Hall–Kier alpha value is -1.95. The van der Waals surface area contributed by atoms with Gasteiger partial charge in [0.2, 0.25) is 5.91 Å². The van der Waals surface area contributed by atoms with E-state index >= 15 is 0 Å². The van der Waals surface area contributed by atoms with Gasteiger partial charge in [0.15, 0.2) is 0 Å². The average Bonchev–Trinajstić information content (AvgIpc) is 3.16. The monoisotopic (exact) mass is 385 g/mol. The summed E-state index contributed by atoms with van der Waals surface area (Å²) in [5.74, 6) is 0.486. The summed E-state index contributed by atoms with van der Waals surface area (Å²) >= 11 is 0. The average molecular weight is 386 g/mol. The van der Waals surface area contributed by atoms with Gasteiger partial charge in [-0.1, -0.05) is 19.3 Å². The summed E-state index contributed by atoms with van der Waals surface area (Å²) in [4.78, 5) is 30.9. The number of piperidine rings is 1. The second kappa shape index (κ2) is 8.60. The largest absolute Gasteiger partial charge is 0.370 e. The number of carbonyl (C=O) groups is 2. The van der Waals surface area contributed by atoms with Crippen molar-refractivity contribution in [2.75, 3.05) is 19.6 Å². The maximum absolute atomic E-state index is 12.6. The maximum Gasteiger partial charge on any atom is 0.253 e. The highest BCUT2D eigenvalue weighted by molar-refractivity contribution is 5.94. The maximum atomic E-state index is 12.6. The van der Waals surface area contributed by atoms with Crippen LogP contribution in [0.2, 0.25) is 0 Å². The van der Waals surface area contributed by atoms with Gasteiger partial charge in [-0.25, -0.2) is 0 Å².